The van der Waals surface area contributed by atoms with Gasteiger partial charge < -0.3 is 0 Å². The molecule has 0 heterocycles. The van der Waals surface area contributed by atoms with Gasteiger partial charge >= 0.3 is 0 Å². The lowest BCUT2D eigenvalue weighted by atomic mass is 10.1. The summed E-state index contributed by atoms with van der Waals surface area (Å²) in [5.74, 6) is -2.25. The molecule has 25 heavy (non-hydrogen) atoms. The van der Waals surface area contributed by atoms with Crippen LogP contribution in [0.5, 0.6) is 0 Å². The van der Waals surface area contributed by atoms with Crippen LogP contribution in [0.3, 0.4) is 0 Å². The first kappa shape index (κ1) is 19.4. The zero-order chi connectivity index (χ0) is 18.7. The van der Waals surface area contributed by atoms with Crippen molar-refractivity contribution in [2.24, 2.45) is 0 Å². The third-order valence-electron chi connectivity index (χ3n) is 3.27. The highest BCUT2D eigenvalue weighted by molar-refractivity contribution is 7.89. The van der Waals surface area contributed by atoms with Crippen LogP contribution in [0, 0.1) is 11.6 Å². The summed E-state index contributed by atoms with van der Waals surface area (Å²) < 4.78 is 78.1. The summed E-state index contributed by atoms with van der Waals surface area (Å²) >= 11 is 0. The largest absolute Gasteiger partial charge is 0.241 e. The summed E-state index contributed by atoms with van der Waals surface area (Å²) in [6, 6.07) is 8.31. The van der Waals surface area contributed by atoms with E-state index in [1.54, 1.807) is 18.2 Å². The van der Waals surface area contributed by atoms with Crippen LogP contribution >= 0.6 is 0 Å². The van der Waals surface area contributed by atoms with E-state index >= 15 is 0 Å². The van der Waals surface area contributed by atoms with E-state index in [-0.39, 0.29) is 12.3 Å². The van der Waals surface area contributed by atoms with Crippen LogP contribution in [-0.4, -0.2) is 23.9 Å². The van der Waals surface area contributed by atoms with Crippen molar-refractivity contribution < 1.29 is 25.6 Å². The molecule has 0 unspecified atom stereocenters. The lowest BCUT2D eigenvalue weighted by molar-refractivity contribution is 0.561. The van der Waals surface area contributed by atoms with Crippen LogP contribution in [0.2, 0.25) is 0 Å². The van der Waals surface area contributed by atoms with Crippen LogP contribution in [0.1, 0.15) is 11.1 Å². The van der Waals surface area contributed by atoms with Crippen molar-refractivity contribution in [3.63, 3.8) is 0 Å². The van der Waals surface area contributed by atoms with Gasteiger partial charge in [0.15, 0.2) is 0 Å². The summed E-state index contributed by atoms with van der Waals surface area (Å²) in [5, 5.41) is 0. The van der Waals surface area contributed by atoms with Crippen molar-refractivity contribution >= 4 is 20.0 Å². The first-order valence-corrected chi connectivity index (χ1v) is 10.2. The van der Waals surface area contributed by atoms with Gasteiger partial charge in [-0.05, 0) is 30.3 Å². The van der Waals surface area contributed by atoms with E-state index in [1.807, 2.05) is 0 Å². The predicted octanol–water partition coefficient (Wildman–Crippen LogP) is 1.49. The Hall–Kier alpha value is -1.88. The van der Waals surface area contributed by atoms with E-state index in [0.29, 0.717) is 29.3 Å². The fraction of sp³-hybridized carbons (Fsp3) is 0.200. The van der Waals surface area contributed by atoms with Crippen molar-refractivity contribution in [2.45, 2.75) is 17.2 Å². The maximum atomic E-state index is 13.2. The van der Waals surface area contributed by atoms with Gasteiger partial charge in [-0.1, -0.05) is 24.3 Å². The summed E-state index contributed by atoms with van der Waals surface area (Å²) in [6.07, 6.45) is 0. The van der Waals surface area contributed by atoms with Gasteiger partial charge in [0.05, 0.1) is 10.6 Å². The molecule has 6 nitrogen and oxygen atoms in total. The average molecular weight is 390 g/mol. The van der Waals surface area contributed by atoms with Gasteiger partial charge in [0.1, 0.15) is 11.6 Å². The van der Waals surface area contributed by atoms with Crippen LogP contribution in [0.4, 0.5) is 8.78 Å². The molecular formula is C15H16F2N2O4S2. The lowest BCUT2D eigenvalue weighted by Gasteiger charge is -2.09. The molecule has 136 valence electrons. The molecule has 0 fully saturated rings. The molecule has 0 aliphatic carbocycles. The molecular weight excluding hydrogens is 374 g/mol. The second kappa shape index (κ2) is 7.56. The Morgan fingerprint density at radius 3 is 2.12 bits per heavy atom. The summed E-state index contributed by atoms with van der Waals surface area (Å²) in [7, 11) is -6.28. The number of sulfonamides is 2. The Morgan fingerprint density at radius 2 is 1.52 bits per heavy atom. The number of rotatable bonds is 7. The molecule has 0 amide bonds. The SMILES string of the molecule is CNS(=O)(=O)Cc1cccc(CNS(=O)(=O)c2cc(F)cc(F)c2)c1. The normalized spacial score (nSPS) is 12.3. The van der Waals surface area contributed by atoms with Gasteiger partial charge in [-0.3, -0.25) is 0 Å². The van der Waals surface area contributed by atoms with Crippen LogP contribution < -0.4 is 9.44 Å². The van der Waals surface area contributed by atoms with Gasteiger partial charge in [-0.25, -0.2) is 35.1 Å². The Balaban J connectivity index is 2.15. The number of benzene rings is 2. The minimum absolute atomic E-state index is 0.159. The molecule has 0 aliphatic rings. The Morgan fingerprint density at radius 1 is 0.920 bits per heavy atom. The second-order valence-electron chi connectivity index (χ2n) is 5.21. The molecule has 0 radical (unpaired) electrons. The zero-order valence-electron chi connectivity index (χ0n) is 13.2. The van der Waals surface area contributed by atoms with E-state index in [9.17, 15) is 25.6 Å². The van der Waals surface area contributed by atoms with Crippen LogP contribution in [0.15, 0.2) is 47.4 Å². The molecule has 0 aliphatic heterocycles. The summed E-state index contributed by atoms with van der Waals surface area (Å²) in [6.45, 7) is -0.159. The molecule has 10 heteroatoms. The van der Waals surface area contributed by atoms with Crippen molar-refractivity contribution in [3.05, 3.63) is 65.2 Å². The molecule has 0 atom stereocenters. The van der Waals surface area contributed by atoms with Gasteiger partial charge in [-0.2, -0.15) is 0 Å². The predicted molar refractivity (Wildman–Crippen MR) is 88.5 cm³/mol. The van der Waals surface area contributed by atoms with Gasteiger partial charge in [-0.15, -0.1) is 0 Å². The molecule has 0 spiro atoms. The highest BCUT2D eigenvalue weighted by Crippen LogP contribution is 2.15. The Kier molecular flexibility index (Phi) is 5.88. The first-order valence-electron chi connectivity index (χ1n) is 7.06. The molecule has 0 aromatic heterocycles. The standard InChI is InChI=1S/C15H16F2N2O4S2/c1-18-24(20,21)10-12-4-2-3-11(5-12)9-19-25(22,23)15-7-13(16)6-14(17)8-15/h2-8,18-19H,9-10H2,1H3. The fourth-order valence-electron chi connectivity index (χ4n) is 2.07. The van der Waals surface area contributed by atoms with Crippen molar-refractivity contribution in [3.8, 4) is 0 Å². The lowest BCUT2D eigenvalue weighted by Crippen LogP contribution is -2.24. The zero-order valence-corrected chi connectivity index (χ0v) is 14.8. The van der Waals surface area contributed by atoms with E-state index in [4.69, 9.17) is 0 Å². The van der Waals surface area contributed by atoms with E-state index in [0.717, 1.165) is 0 Å². The molecule has 2 aromatic carbocycles. The van der Waals surface area contributed by atoms with Gasteiger partial charge in [0.25, 0.3) is 0 Å². The van der Waals surface area contributed by atoms with E-state index in [2.05, 4.69) is 9.44 Å². The maximum Gasteiger partial charge on any atom is 0.241 e. The Bertz CT molecular complexity index is 957. The topological polar surface area (TPSA) is 92.3 Å². The van der Waals surface area contributed by atoms with E-state index < -0.39 is 36.6 Å². The minimum Gasteiger partial charge on any atom is -0.218 e. The van der Waals surface area contributed by atoms with Crippen molar-refractivity contribution in [1.29, 1.82) is 0 Å². The molecule has 0 saturated carbocycles. The molecule has 0 bridgehead atoms. The Labute approximate surface area is 145 Å². The third kappa shape index (κ3) is 5.56. The van der Waals surface area contributed by atoms with E-state index in [1.165, 1.54) is 13.1 Å². The molecule has 2 N–H and O–H groups in total. The van der Waals surface area contributed by atoms with Crippen LogP contribution in [0.25, 0.3) is 0 Å². The highest BCUT2D eigenvalue weighted by Gasteiger charge is 2.16. The highest BCUT2D eigenvalue weighted by atomic mass is 32.2. The van der Waals surface area contributed by atoms with Gasteiger partial charge in [0.2, 0.25) is 20.0 Å². The van der Waals surface area contributed by atoms with Gasteiger partial charge in [0, 0.05) is 12.6 Å². The first-order chi connectivity index (χ1) is 11.6. The maximum absolute atomic E-state index is 13.2. The average Bonchev–Trinajstić information content (AvgIpc) is 2.52. The molecule has 2 aromatic rings. The van der Waals surface area contributed by atoms with Crippen molar-refractivity contribution in [2.75, 3.05) is 7.05 Å². The number of hydrogen-bond donors (Lipinski definition) is 2. The van der Waals surface area contributed by atoms with Crippen molar-refractivity contribution in [1.82, 2.24) is 9.44 Å². The summed E-state index contributed by atoms with van der Waals surface area (Å²) in [5.41, 5.74) is 0.979. The number of hydrogen-bond acceptors (Lipinski definition) is 4. The summed E-state index contributed by atoms with van der Waals surface area (Å²) in [4.78, 5) is -0.529. The monoisotopic (exact) mass is 390 g/mol. The minimum atomic E-state index is -4.12. The fourth-order valence-corrected chi connectivity index (χ4v) is 3.89. The molecule has 2 rings (SSSR count). The number of nitrogens with one attached hydrogen (secondary N) is 2. The second-order valence-corrected chi connectivity index (χ2v) is 8.91. The molecule has 0 saturated heterocycles. The quantitative estimate of drug-likeness (QED) is 0.749. The third-order valence-corrected chi connectivity index (χ3v) is 5.99. The smallest absolute Gasteiger partial charge is 0.218 e. The number of halogens is 2. The van der Waals surface area contributed by atoms with Crippen LogP contribution in [-0.2, 0) is 32.3 Å².